The highest BCUT2D eigenvalue weighted by molar-refractivity contribution is 5.77. The molecule has 4 aromatic carbocycles. The van der Waals surface area contributed by atoms with Gasteiger partial charge < -0.3 is 0 Å². The van der Waals surface area contributed by atoms with E-state index in [2.05, 4.69) is 113 Å². The number of fused-ring (bicyclic) bond motifs is 6. The van der Waals surface area contributed by atoms with Crippen molar-refractivity contribution >= 4 is 33.9 Å². The lowest BCUT2D eigenvalue weighted by Crippen LogP contribution is -2.26. The Labute approximate surface area is 809 Å². The van der Waals surface area contributed by atoms with Gasteiger partial charge in [0.1, 0.15) is 69.8 Å². The maximum Gasteiger partial charge on any atom is 0.277 e. The van der Waals surface area contributed by atoms with Crippen LogP contribution in [0.4, 0.5) is 0 Å². The number of rotatable bonds is 16. The van der Waals surface area contributed by atoms with E-state index in [-0.39, 0.29) is 69.2 Å². The Morgan fingerprint density at radius 2 is 0.775 bits per heavy atom. The summed E-state index contributed by atoms with van der Waals surface area (Å²) in [6, 6.07) is 50.1. The SMILES string of the molecule is C#CC(C)c1c(-c2cnn(C(C)C)c2)nc2c(C#N)c[nH]n2c1=O.C#CCc1c(-c2ccccc2)nc2c(C#N)c[nH]n2c1=O.CC(c1c(-c2ccccc2)nc2c(C#N)c[nH]n2c1=O)C1CC1.CCc1c(-c2cccc(-c3ccccc3)c2)nc2c(C#N)c[nH]n2c1=O.N#Cc1c[nH]n2c(=O)c(C3CCC3)c(-c3cn[nH]c3)nc12.N#Cc1c[nH]n2c(=O)c(C3CCC3)c(-c3cnn(C4CCCCC4)c3)nc12. The summed E-state index contributed by atoms with van der Waals surface area (Å²) < 4.78 is 11.8. The molecule has 0 aliphatic heterocycles. The van der Waals surface area contributed by atoms with Gasteiger partial charge in [-0.1, -0.05) is 161 Å². The van der Waals surface area contributed by atoms with Crippen molar-refractivity contribution in [1.29, 1.82) is 31.6 Å². The Bertz CT molecular complexity index is 8810. The van der Waals surface area contributed by atoms with Gasteiger partial charge >= 0.3 is 0 Å². The second-order valence-electron chi connectivity index (χ2n) is 35.4. The van der Waals surface area contributed by atoms with Crippen LogP contribution in [0, 0.1) is 98.6 Å². The fraction of sp³-hybridized carbons (Fsp3) is 0.255. The molecule has 0 radical (unpaired) electrons. The van der Waals surface area contributed by atoms with E-state index in [0.29, 0.717) is 142 Å². The molecule has 4 aliphatic rings. The molecule has 4 saturated carbocycles. The number of hydrogen-bond acceptors (Lipinski definition) is 21. The molecule has 23 rings (SSSR count). The van der Waals surface area contributed by atoms with Crippen LogP contribution in [0.3, 0.4) is 0 Å². The van der Waals surface area contributed by atoms with Crippen molar-refractivity contribution in [3.63, 3.8) is 0 Å². The van der Waals surface area contributed by atoms with Crippen molar-refractivity contribution in [2.75, 3.05) is 0 Å². The van der Waals surface area contributed by atoms with E-state index in [1.807, 2.05) is 178 Å². The Morgan fingerprint density at radius 1 is 0.380 bits per heavy atom. The van der Waals surface area contributed by atoms with Gasteiger partial charge in [-0.05, 0) is 119 Å². The number of benzene rings is 4. The molecule has 2 unspecified atom stereocenters. The fourth-order valence-electron chi connectivity index (χ4n) is 18.3. The molecule has 142 heavy (non-hydrogen) atoms. The number of nitrogens with one attached hydrogen (secondary N) is 7. The number of nitriles is 6. The molecule has 0 bridgehead atoms. The van der Waals surface area contributed by atoms with Crippen molar-refractivity contribution < 1.29 is 0 Å². The van der Waals surface area contributed by atoms with Crippen molar-refractivity contribution in [3.05, 3.63) is 319 Å². The van der Waals surface area contributed by atoms with Gasteiger partial charge in [0.2, 0.25) is 0 Å². The minimum Gasteiger partial charge on any atom is -0.295 e. The summed E-state index contributed by atoms with van der Waals surface area (Å²) in [5, 5.41) is 87.7. The van der Waals surface area contributed by atoms with Crippen molar-refractivity contribution in [2.45, 2.75) is 167 Å². The third-order valence-corrected chi connectivity index (χ3v) is 26.5. The number of nitrogens with zero attached hydrogens (tertiary/aromatic N) is 23. The van der Waals surface area contributed by atoms with E-state index in [0.717, 1.165) is 114 Å². The Balaban J connectivity index is 0.000000113. The summed E-state index contributed by atoms with van der Waals surface area (Å²) in [5.74, 6) is 5.84. The molecule has 36 heteroatoms. The van der Waals surface area contributed by atoms with Gasteiger partial charge in [0.05, 0.1) is 69.9 Å². The average molecular weight is 1880 g/mol. The molecule has 4 fully saturated rings. The zero-order valence-electron chi connectivity index (χ0n) is 77.9. The standard InChI is InChI=1S/C21H16N4O.C20H22N6O.C18H16N4O.C17H16N6O.C16H10N4O.C14H12N6O/c1-2-18-19(24-20-17(12-22)13-23-25(20)21(18)26)16-10-6-9-15(11-16)14-7-4-3-5-8-14;21-9-14-10-23-26-19(14)24-18(17(20(26)27)13-5-4-6-13)15-11-22-25(12-15)16-7-2-1-3-8-16;1-11(12-7-8-12)15-16(13-5-3-2-4-6-13)21-17-14(9-19)10-20-22(17)18(15)23;1-5-11(4)14-15(13-8-19-22(9-13)10(2)3)21-16-12(6-18)7-20-23(16)17(14)24;1-2-6-13-14(11-7-4-3-5-8-11)19-15-12(9-17)10-18-20(15)16(13)21;15-4-9-7-18-20-13(9)19-12(10-5-16-17-6-10)11(14(20)21)8-2-1-3-8/h3-11,13,23H,2H2,1H3;10-13,16,23H,1-8H2;2-6,10-12,20H,7-8H2,1H3;1,7-11,20H,2-4H3;1,3-5,7-8,10,18H,6H2;5-8,18H,1-3H2,(H,16,17). The van der Waals surface area contributed by atoms with Crippen LogP contribution in [0.25, 0.3) is 113 Å². The van der Waals surface area contributed by atoms with E-state index < -0.39 is 5.92 Å². The molecule has 7 N–H and O–H groups in total. The molecule has 4 aliphatic carbocycles. The third kappa shape index (κ3) is 17.9. The van der Waals surface area contributed by atoms with Crippen LogP contribution in [0.2, 0.25) is 0 Å². The maximum atomic E-state index is 13.1. The minimum absolute atomic E-state index is 0.0911. The van der Waals surface area contributed by atoms with E-state index in [1.54, 1.807) is 36.4 Å². The Kier molecular flexibility index (Phi) is 26.7. The van der Waals surface area contributed by atoms with Gasteiger partial charge in [0.25, 0.3) is 33.4 Å². The molecular formula is C106H92N30O6. The maximum absolute atomic E-state index is 13.1. The highest BCUT2D eigenvalue weighted by Crippen LogP contribution is 2.45. The molecule has 0 saturated heterocycles. The van der Waals surface area contributed by atoms with Gasteiger partial charge in [-0.25, -0.2) is 48.0 Å². The second kappa shape index (κ2) is 40.6. The summed E-state index contributed by atoms with van der Waals surface area (Å²) in [4.78, 5) is 105. The van der Waals surface area contributed by atoms with Crippen LogP contribution >= 0.6 is 0 Å². The molecule has 15 heterocycles. The zero-order valence-corrected chi connectivity index (χ0v) is 77.9. The van der Waals surface area contributed by atoms with Crippen LogP contribution in [0.15, 0.2) is 218 Å². The smallest absolute Gasteiger partial charge is 0.277 e. The first-order chi connectivity index (χ1) is 69.2. The summed E-state index contributed by atoms with van der Waals surface area (Å²) in [5.41, 5.74) is 17.5. The Hall–Kier alpha value is -18.9. The monoisotopic (exact) mass is 1880 g/mol. The minimum atomic E-state index is -0.423. The topological polar surface area (TPSA) is 508 Å². The number of aromatic nitrogens is 24. The summed E-state index contributed by atoms with van der Waals surface area (Å²) in [6.45, 7) is 9.82. The summed E-state index contributed by atoms with van der Waals surface area (Å²) in [6.07, 6.45) is 46.1. The summed E-state index contributed by atoms with van der Waals surface area (Å²) in [7, 11) is 0. The largest absolute Gasteiger partial charge is 0.295 e. The van der Waals surface area contributed by atoms with Crippen LogP contribution in [0.1, 0.15) is 221 Å². The van der Waals surface area contributed by atoms with Gasteiger partial charge in [0.15, 0.2) is 33.9 Å². The highest BCUT2D eigenvalue weighted by atomic mass is 16.2. The lowest BCUT2D eigenvalue weighted by atomic mass is 9.79. The van der Waals surface area contributed by atoms with Crippen molar-refractivity contribution in [3.8, 4) is 140 Å². The van der Waals surface area contributed by atoms with Crippen molar-refractivity contribution in [1.82, 2.24) is 117 Å². The molecule has 2 atom stereocenters. The van der Waals surface area contributed by atoms with Crippen molar-refractivity contribution in [2.24, 2.45) is 5.92 Å². The molecule has 36 nitrogen and oxygen atoms in total. The first-order valence-corrected chi connectivity index (χ1v) is 46.7. The molecule has 19 aromatic rings. The lowest BCUT2D eigenvalue weighted by Gasteiger charge is -2.26. The highest BCUT2D eigenvalue weighted by Gasteiger charge is 2.36. The van der Waals surface area contributed by atoms with E-state index in [9.17, 15) is 49.8 Å². The zero-order chi connectivity index (χ0) is 99.1. The summed E-state index contributed by atoms with van der Waals surface area (Å²) >= 11 is 0. The normalized spacial score (nSPS) is 13.8. The number of H-pyrrole nitrogens is 7. The first-order valence-electron chi connectivity index (χ1n) is 46.7. The third-order valence-electron chi connectivity index (χ3n) is 26.5. The molecule has 15 aromatic heterocycles. The van der Waals surface area contributed by atoms with Gasteiger partial charge in [-0.2, -0.15) is 55.9 Å². The second-order valence-corrected chi connectivity index (χ2v) is 35.4. The van der Waals surface area contributed by atoms with E-state index in [1.165, 1.54) is 77.3 Å². The first kappa shape index (κ1) is 93.5. The average Bonchev–Trinajstić information content (AvgIpc) is 1.59. The lowest BCUT2D eigenvalue weighted by molar-refractivity contribution is 0.329. The van der Waals surface area contributed by atoms with Crippen LogP contribution in [-0.2, 0) is 12.8 Å². The predicted octanol–water partition coefficient (Wildman–Crippen LogP) is 15.8. The molecule has 702 valence electrons. The van der Waals surface area contributed by atoms with Gasteiger partial charge in [-0.3, -0.25) is 73.8 Å². The predicted molar refractivity (Wildman–Crippen MR) is 531 cm³/mol. The van der Waals surface area contributed by atoms with Crippen LogP contribution in [-0.4, -0.2) is 117 Å². The van der Waals surface area contributed by atoms with Gasteiger partial charge in [-0.15, -0.1) is 18.8 Å². The molecule has 0 amide bonds. The van der Waals surface area contributed by atoms with Crippen LogP contribution < -0.4 is 33.4 Å². The van der Waals surface area contributed by atoms with Gasteiger partial charge in [0, 0.05) is 130 Å². The molecule has 0 spiro atoms. The number of hydrogen-bond donors (Lipinski definition) is 7. The van der Waals surface area contributed by atoms with E-state index in [4.69, 9.17) is 28.4 Å². The number of aromatic amines is 7. The quantitative estimate of drug-likeness (QED) is 0.0442. The fourth-order valence-corrected chi connectivity index (χ4v) is 18.3. The van der Waals surface area contributed by atoms with Crippen LogP contribution in [0.5, 0.6) is 0 Å². The van der Waals surface area contributed by atoms with E-state index >= 15 is 0 Å². The number of terminal acetylenes is 2. The molecular weight excluding hydrogens is 1790 g/mol. The Morgan fingerprint density at radius 3 is 1.20 bits per heavy atom.